The second kappa shape index (κ2) is 7.69. The van der Waals surface area contributed by atoms with Crippen LogP contribution >= 0.6 is 0 Å². The van der Waals surface area contributed by atoms with Crippen molar-refractivity contribution in [2.75, 3.05) is 0 Å². The number of allylic oxidation sites excluding steroid dienone is 9. The van der Waals surface area contributed by atoms with Crippen LogP contribution in [0.1, 0.15) is 61.7 Å². The van der Waals surface area contributed by atoms with Crippen molar-refractivity contribution < 1.29 is 16.8 Å². The van der Waals surface area contributed by atoms with E-state index in [4.69, 9.17) is 0 Å². The van der Waals surface area contributed by atoms with Crippen molar-refractivity contribution in [2.24, 2.45) is 0 Å². The first-order valence-corrected chi connectivity index (χ1v) is 14.2. The summed E-state index contributed by atoms with van der Waals surface area (Å²) < 4.78 is 7.12. The summed E-state index contributed by atoms with van der Waals surface area (Å²) in [6, 6.07) is 12.2. The van der Waals surface area contributed by atoms with Crippen LogP contribution in [0.2, 0.25) is 0 Å². The van der Waals surface area contributed by atoms with Crippen LogP contribution in [0.15, 0.2) is 86.3 Å². The van der Waals surface area contributed by atoms with E-state index in [1.165, 1.54) is 37.7 Å². The summed E-state index contributed by atoms with van der Waals surface area (Å²) in [6.07, 6.45) is 26.3. The Morgan fingerprint density at radius 1 is 0.857 bits per heavy atom. The monoisotopic (exact) mass is 405 g/mol. The Morgan fingerprint density at radius 3 is 2.07 bits per heavy atom. The first-order valence-electron chi connectivity index (χ1n) is 11.1. The van der Waals surface area contributed by atoms with Crippen molar-refractivity contribution in [3.8, 4) is 0 Å². The molecule has 1 aliphatic heterocycles. The first kappa shape index (κ1) is 18.5. The molecule has 0 spiro atoms. The van der Waals surface area contributed by atoms with Gasteiger partial charge in [-0.15, -0.1) is 0 Å². The quantitative estimate of drug-likeness (QED) is 0.486. The van der Waals surface area contributed by atoms with Crippen LogP contribution in [0.4, 0.5) is 0 Å². The third kappa shape index (κ3) is 2.87. The predicted molar refractivity (Wildman–Crippen MR) is 115 cm³/mol. The van der Waals surface area contributed by atoms with Gasteiger partial charge in [0, 0.05) is 0 Å². The molecule has 3 aliphatic carbocycles. The Balaban J connectivity index is 1.70. The van der Waals surface area contributed by atoms with Crippen LogP contribution in [0, 0.1) is 0 Å². The average Bonchev–Trinajstić information content (AvgIpc) is 3.50. The van der Waals surface area contributed by atoms with Crippen LogP contribution in [0.25, 0.3) is 0 Å². The fourth-order valence-corrected chi connectivity index (χ4v) is 16.0. The minimum absolute atomic E-state index is 0.584. The van der Waals surface area contributed by atoms with Gasteiger partial charge in [-0.3, -0.25) is 0 Å². The Bertz CT molecular complexity index is 850. The minimum atomic E-state index is -2.79. The van der Waals surface area contributed by atoms with E-state index in [0.717, 1.165) is 18.9 Å². The SMILES string of the molecule is CC1=C[N](C2CCCCC2)[Ti]([C]2=CC=CC2)([C]2=CC=CC2)[CH]1c1ccccc1. The molecule has 1 nitrogen and oxygen atoms in total. The van der Waals surface area contributed by atoms with E-state index in [-0.39, 0.29) is 0 Å². The van der Waals surface area contributed by atoms with Crippen molar-refractivity contribution in [3.05, 3.63) is 91.9 Å². The average molecular weight is 405 g/mol. The zero-order valence-electron chi connectivity index (χ0n) is 17.0. The van der Waals surface area contributed by atoms with Crippen molar-refractivity contribution in [1.82, 2.24) is 3.38 Å². The van der Waals surface area contributed by atoms with E-state index in [1.54, 1.807) is 13.3 Å². The maximum atomic E-state index is 3.00. The van der Waals surface area contributed by atoms with Gasteiger partial charge in [-0.25, -0.2) is 0 Å². The van der Waals surface area contributed by atoms with Crippen LogP contribution in [-0.4, -0.2) is 9.42 Å². The summed E-state index contributed by atoms with van der Waals surface area (Å²) in [7, 11) is 0. The third-order valence-corrected chi connectivity index (χ3v) is 16.0. The van der Waals surface area contributed by atoms with E-state index in [1.807, 2.05) is 0 Å². The van der Waals surface area contributed by atoms with Crippen LogP contribution in [0.3, 0.4) is 0 Å². The molecular formula is C26H31NTi. The summed E-state index contributed by atoms with van der Waals surface area (Å²) in [5.74, 6) is 0. The van der Waals surface area contributed by atoms with Gasteiger partial charge in [-0.05, 0) is 0 Å². The molecule has 1 atom stereocenters. The first-order chi connectivity index (χ1) is 13.8. The molecule has 0 N–H and O–H groups in total. The van der Waals surface area contributed by atoms with Crippen LogP contribution < -0.4 is 0 Å². The van der Waals surface area contributed by atoms with E-state index < -0.39 is 16.8 Å². The van der Waals surface area contributed by atoms with Gasteiger partial charge in [0.05, 0.1) is 0 Å². The molecule has 1 aromatic rings. The maximum absolute atomic E-state index is 3.00. The van der Waals surface area contributed by atoms with Crippen molar-refractivity contribution in [3.63, 3.8) is 0 Å². The summed E-state index contributed by atoms with van der Waals surface area (Å²) in [4.78, 5) is 0. The number of hydrogen-bond acceptors (Lipinski definition) is 1. The summed E-state index contributed by atoms with van der Waals surface area (Å²) in [5, 5.41) is 0. The molecule has 0 amide bonds. The van der Waals surface area contributed by atoms with Crippen LogP contribution in [0.5, 0.6) is 0 Å². The predicted octanol–water partition coefficient (Wildman–Crippen LogP) is 7.04. The van der Waals surface area contributed by atoms with Crippen molar-refractivity contribution in [1.29, 1.82) is 0 Å². The molecule has 1 saturated carbocycles. The van der Waals surface area contributed by atoms with E-state index in [0.29, 0.717) is 4.22 Å². The fourth-order valence-electron chi connectivity index (χ4n) is 6.14. The molecule has 5 rings (SSSR count). The molecule has 1 heterocycles. The van der Waals surface area contributed by atoms with Gasteiger partial charge >= 0.3 is 174 Å². The standard InChI is InChI=1S/C16H21N.2C5H5.Ti/c1-14(12-15-8-4-2-5-9-15)13-17-16-10-6-3-7-11-16;2*1-2-4-5-3-1;/h2,4-5,8-9,12-13,16H,3,6-7,10-11H2,1H3;2*1-3H,4H2;/q-1;;;+1. The molecule has 1 unspecified atom stereocenters. The molecule has 4 aliphatic rings. The van der Waals surface area contributed by atoms with Gasteiger partial charge in [0.25, 0.3) is 0 Å². The molecular weight excluding hydrogens is 374 g/mol. The molecule has 1 fully saturated rings. The summed E-state index contributed by atoms with van der Waals surface area (Å²) in [5.41, 5.74) is 3.13. The van der Waals surface area contributed by atoms with Crippen LogP contribution in [-0.2, 0) is 16.8 Å². The summed E-state index contributed by atoms with van der Waals surface area (Å²) in [6.45, 7) is 2.41. The topological polar surface area (TPSA) is 3.24 Å². The fraction of sp³-hybridized carbons (Fsp3) is 0.385. The Labute approximate surface area is 173 Å². The van der Waals surface area contributed by atoms with Gasteiger partial charge in [-0.2, -0.15) is 0 Å². The number of rotatable bonds is 4. The second-order valence-electron chi connectivity index (χ2n) is 8.83. The number of nitrogens with zero attached hydrogens (tertiary/aromatic N) is 1. The Hall–Kier alpha value is -1.57. The second-order valence-corrected chi connectivity index (χ2v) is 14.9. The van der Waals surface area contributed by atoms with E-state index in [9.17, 15) is 0 Å². The number of hydrogen-bond donors (Lipinski definition) is 0. The van der Waals surface area contributed by atoms with Gasteiger partial charge in [0.2, 0.25) is 0 Å². The Kier molecular flexibility index (Phi) is 5.07. The van der Waals surface area contributed by atoms with E-state index >= 15 is 0 Å². The third-order valence-electron chi connectivity index (χ3n) is 7.25. The normalized spacial score (nSPS) is 26.5. The Morgan fingerprint density at radius 2 is 1.50 bits per heavy atom. The molecule has 1 aromatic carbocycles. The van der Waals surface area contributed by atoms with Gasteiger partial charge in [0.1, 0.15) is 0 Å². The molecule has 28 heavy (non-hydrogen) atoms. The molecule has 0 radical (unpaired) electrons. The molecule has 0 saturated heterocycles. The van der Waals surface area contributed by atoms with Crippen molar-refractivity contribution >= 4 is 0 Å². The molecule has 2 heteroatoms. The summed E-state index contributed by atoms with van der Waals surface area (Å²) >= 11 is -2.79. The molecule has 144 valence electrons. The molecule has 0 bridgehead atoms. The molecule has 0 aromatic heterocycles. The van der Waals surface area contributed by atoms with Crippen molar-refractivity contribution in [2.45, 2.75) is 62.1 Å². The van der Waals surface area contributed by atoms with E-state index in [2.05, 4.69) is 83.3 Å². The zero-order chi connectivity index (χ0) is 19.0. The van der Waals surface area contributed by atoms with Gasteiger partial charge in [0.15, 0.2) is 0 Å². The number of benzene rings is 1. The zero-order valence-corrected chi connectivity index (χ0v) is 18.5. The van der Waals surface area contributed by atoms with Gasteiger partial charge < -0.3 is 0 Å². The van der Waals surface area contributed by atoms with Gasteiger partial charge in [-0.1, -0.05) is 0 Å².